The third kappa shape index (κ3) is 3.35. The second-order valence-corrected chi connectivity index (χ2v) is 5.39. The lowest BCUT2D eigenvalue weighted by molar-refractivity contribution is 0.405. The molecule has 0 aliphatic carbocycles. The van der Waals surface area contributed by atoms with Gasteiger partial charge in [-0.15, -0.1) is 11.3 Å². The van der Waals surface area contributed by atoms with Gasteiger partial charge in [-0.3, -0.25) is 4.98 Å². The Balaban J connectivity index is 1.86. The van der Waals surface area contributed by atoms with E-state index in [1.807, 2.05) is 24.0 Å². The quantitative estimate of drug-likeness (QED) is 0.882. The summed E-state index contributed by atoms with van der Waals surface area (Å²) in [5.74, 6) is 0. The first-order chi connectivity index (χ1) is 8.18. The van der Waals surface area contributed by atoms with Crippen molar-refractivity contribution in [2.45, 2.75) is 25.8 Å². The highest BCUT2D eigenvalue weighted by molar-refractivity contribution is 7.09. The van der Waals surface area contributed by atoms with E-state index < -0.39 is 0 Å². The van der Waals surface area contributed by atoms with Crippen molar-refractivity contribution in [2.75, 3.05) is 6.54 Å². The molecule has 4 heteroatoms. The van der Waals surface area contributed by atoms with Gasteiger partial charge < -0.3 is 5.32 Å². The van der Waals surface area contributed by atoms with E-state index in [-0.39, 0.29) is 5.54 Å². The molecule has 0 bridgehead atoms. The van der Waals surface area contributed by atoms with Gasteiger partial charge in [-0.25, -0.2) is 4.98 Å². The van der Waals surface area contributed by atoms with Gasteiger partial charge in [0.1, 0.15) is 5.01 Å². The number of aromatic nitrogens is 2. The van der Waals surface area contributed by atoms with Gasteiger partial charge in [0.05, 0.1) is 5.54 Å². The third-order valence-corrected chi connectivity index (χ3v) is 3.79. The summed E-state index contributed by atoms with van der Waals surface area (Å²) < 4.78 is 0. The Morgan fingerprint density at radius 1 is 1.24 bits per heavy atom. The number of thiazole rings is 1. The fraction of sp³-hybridized carbons (Fsp3) is 0.385. The molecule has 0 aromatic carbocycles. The lowest BCUT2D eigenvalue weighted by atomic mass is 10.1. The molecule has 0 saturated carbocycles. The van der Waals surface area contributed by atoms with Crippen LogP contribution in [0.3, 0.4) is 0 Å². The van der Waals surface area contributed by atoms with Gasteiger partial charge in [0.25, 0.3) is 0 Å². The predicted molar refractivity (Wildman–Crippen MR) is 71.1 cm³/mol. The summed E-state index contributed by atoms with van der Waals surface area (Å²) in [4.78, 5) is 8.37. The van der Waals surface area contributed by atoms with Crippen LogP contribution >= 0.6 is 11.3 Å². The highest BCUT2D eigenvalue weighted by Gasteiger charge is 2.21. The molecule has 0 atom stereocenters. The SMILES string of the molecule is CC(C)(NCCc1ccncc1)c1nccs1. The zero-order valence-electron chi connectivity index (χ0n) is 10.2. The Labute approximate surface area is 106 Å². The molecule has 2 aromatic heterocycles. The second kappa shape index (κ2) is 5.38. The molecule has 0 aliphatic rings. The average molecular weight is 247 g/mol. The van der Waals surface area contributed by atoms with Crippen LogP contribution in [0.4, 0.5) is 0 Å². The largest absolute Gasteiger partial charge is 0.306 e. The Hall–Kier alpha value is -1.26. The number of hydrogen-bond acceptors (Lipinski definition) is 4. The number of pyridine rings is 1. The summed E-state index contributed by atoms with van der Waals surface area (Å²) in [5, 5.41) is 6.68. The summed E-state index contributed by atoms with van der Waals surface area (Å²) in [6, 6.07) is 4.11. The van der Waals surface area contributed by atoms with Crippen LogP contribution in [0, 0.1) is 0 Å². The zero-order chi connectivity index (χ0) is 12.1. The summed E-state index contributed by atoms with van der Waals surface area (Å²) in [7, 11) is 0. The first-order valence-electron chi connectivity index (χ1n) is 5.72. The maximum absolute atomic E-state index is 4.36. The molecular formula is C13H17N3S. The maximum Gasteiger partial charge on any atom is 0.112 e. The molecule has 0 spiro atoms. The highest BCUT2D eigenvalue weighted by Crippen LogP contribution is 2.21. The first kappa shape index (κ1) is 12.2. The lowest BCUT2D eigenvalue weighted by Gasteiger charge is -2.23. The Morgan fingerprint density at radius 3 is 2.65 bits per heavy atom. The molecule has 3 nitrogen and oxygen atoms in total. The van der Waals surface area contributed by atoms with Crippen molar-refractivity contribution in [3.05, 3.63) is 46.7 Å². The Bertz CT molecular complexity index is 437. The molecular weight excluding hydrogens is 230 g/mol. The number of nitrogens with zero attached hydrogens (tertiary/aromatic N) is 2. The van der Waals surface area contributed by atoms with Crippen LogP contribution in [0.1, 0.15) is 24.4 Å². The summed E-state index contributed by atoms with van der Waals surface area (Å²) in [6.07, 6.45) is 6.53. The van der Waals surface area contributed by atoms with Crippen molar-refractivity contribution in [1.82, 2.24) is 15.3 Å². The summed E-state index contributed by atoms with van der Waals surface area (Å²) in [6.45, 7) is 5.27. The minimum absolute atomic E-state index is 0.0544. The molecule has 0 amide bonds. The van der Waals surface area contributed by atoms with E-state index >= 15 is 0 Å². The first-order valence-corrected chi connectivity index (χ1v) is 6.60. The fourth-order valence-corrected chi connectivity index (χ4v) is 2.42. The monoisotopic (exact) mass is 247 g/mol. The minimum atomic E-state index is -0.0544. The van der Waals surface area contributed by atoms with Gasteiger partial charge in [0.2, 0.25) is 0 Å². The molecule has 0 aliphatic heterocycles. The van der Waals surface area contributed by atoms with Gasteiger partial charge in [0.15, 0.2) is 0 Å². The van der Waals surface area contributed by atoms with Gasteiger partial charge in [-0.2, -0.15) is 0 Å². The van der Waals surface area contributed by atoms with Crippen LogP contribution in [0.25, 0.3) is 0 Å². The smallest absolute Gasteiger partial charge is 0.112 e. The molecule has 0 saturated heterocycles. The highest BCUT2D eigenvalue weighted by atomic mass is 32.1. The molecule has 0 radical (unpaired) electrons. The molecule has 1 N–H and O–H groups in total. The summed E-state index contributed by atoms with van der Waals surface area (Å²) >= 11 is 1.69. The zero-order valence-corrected chi connectivity index (χ0v) is 11.0. The normalized spacial score (nSPS) is 11.6. The molecule has 2 rings (SSSR count). The van der Waals surface area contributed by atoms with Crippen LogP contribution in [-0.4, -0.2) is 16.5 Å². The predicted octanol–water partition coefficient (Wildman–Crippen LogP) is 2.61. The van der Waals surface area contributed by atoms with Gasteiger partial charge in [0, 0.05) is 30.5 Å². The van der Waals surface area contributed by atoms with E-state index in [9.17, 15) is 0 Å². The van der Waals surface area contributed by atoms with Crippen molar-refractivity contribution in [2.24, 2.45) is 0 Å². The van der Waals surface area contributed by atoms with Crippen LogP contribution < -0.4 is 5.32 Å². The summed E-state index contributed by atoms with van der Waals surface area (Å²) in [5.41, 5.74) is 1.25. The molecule has 0 unspecified atom stereocenters. The van der Waals surface area contributed by atoms with E-state index in [2.05, 4.69) is 41.3 Å². The number of hydrogen-bond donors (Lipinski definition) is 1. The second-order valence-electron chi connectivity index (χ2n) is 4.49. The molecule has 2 heterocycles. The van der Waals surface area contributed by atoms with E-state index in [1.165, 1.54) is 5.56 Å². The van der Waals surface area contributed by atoms with E-state index in [0.29, 0.717) is 0 Å². The maximum atomic E-state index is 4.36. The average Bonchev–Trinajstić information content (AvgIpc) is 2.84. The van der Waals surface area contributed by atoms with Crippen molar-refractivity contribution in [1.29, 1.82) is 0 Å². The standard InChI is InChI=1S/C13H17N3S/c1-13(2,12-15-9-10-17-12)16-8-5-11-3-6-14-7-4-11/h3-4,6-7,9-10,16H,5,8H2,1-2H3. The number of nitrogens with one attached hydrogen (secondary N) is 1. The van der Waals surface area contributed by atoms with Crippen molar-refractivity contribution >= 4 is 11.3 Å². The van der Waals surface area contributed by atoms with Gasteiger partial charge >= 0.3 is 0 Å². The van der Waals surface area contributed by atoms with E-state index in [0.717, 1.165) is 18.0 Å². The van der Waals surface area contributed by atoms with Crippen LogP contribution in [0.15, 0.2) is 36.1 Å². The molecule has 90 valence electrons. The van der Waals surface area contributed by atoms with E-state index in [4.69, 9.17) is 0 Å². The Kier molecular flexibility index (Phi) is 3.86. The van der Waals surface area contributed by atoms with Crippen molar-refractivity contribution < 1.29 is 0 Å². The van der Waals surface area contributed by atoms with Gasteiger partial charge in [-0.1, -0.05) is 0 Å². The van der Waals surface area contributed by atoms with Gasteiger partial charge in [-0.05, 0) is 38.0 Å². The van der Waals surface area contributed by atoms with E-state index in [1.54, 1.807) is 11.3 Å². The minimum Gasteiger partial charge on any atom is -0.306 e. The van der Waals surface area contributed by atoms with Crippen LogP contribution in [0.2, 0.25) is 0 Å². The third-order valence-electron chi connectivity index (χ3n) is 2.70. The van der Waals surface area contributed by atoms with Crippen molar-refractivity contribution in [3.63, 3.8) is 0 Å². The topological polar surface area (TPSA) is 37.8 Å². The Morgan fingerprint density at radius 2 is 2.00 bits per heavy atom. The van der Waals surface area contributed by atoms with Crippen LogP contribution in [-0.2, 0) is 12.0 Å². The van der Waals surface area contributed by atoms with Crippen molar-refractivity contribution in [3.8, 4) is 0 Å². The molecule has 2 aromatic rings. The fourth-order valence-electron chi connectivity index (χ4n) is 1.68. The lowest BCUT2D eigenvalue weighted by Crippen LogP contribution is -2.37. The molecule has 0 fully saturated rings. The number of rotatable bonds is 5. The molecule has 17 heavy (non-hydrogen) atoms. The van der Waals surface area contributed by atoms with Crippen LogP contribution in [0.5, 0.6) is 0 Å².